The van der Waals surface area contributed by atoms with Crippen LogP contribution in [0.3, 0.4) is 0 Å². The van der Waals surface area contributed by atoms with Crippen molar-refractivity contribution in [1.29, 1.82) is 0 Å². The first kappa shape index (κ1) is 17.8. The fraction of sp³-hybridized carbons (Fsp3) is 0.867. The van der Waals surface area contributed by atoms with Crippen molar-refractivity contribution in [3.05, 3.63) is 0 Å². The summed E-state index contributed by atoms with van der Waals surface area (Å²) in [6.45, 7) is 13.6. The van der Waals surface area contributed by atoms with E-state index in [1.54, 1.807) is 9.80 Å². The highest BCUT2D eigenvalue weighted by molar-refractivity contribution is 5.83. The first-order valence-electron chi connectivity index (χ1n) is 7.80. The van der Waals surface area contributed by atoms with E-state index < -0.39 is 6.04 Å². The third-order valence-electron chi connectivity index (χ3n) is 4.09. The van der Waals surface area contributed by atoms with Gasteiger partial charge in [0.25, 0.3) is 0 Å². The van der Waals surface area contributed by atoms with Crippen LogP contribution >= 0.6 is 0 Å². The van der Waals surface area contributed by atoms with Gasteiger partial charge in [0.2, 0.25) is 5.91 Å². The summed E-state index contributed by atoms with van der Waals surface area (Å²) in [7, 11) is 0. The summed E-state index contributed by atoms with van der Waals surface area (Å²) in [5.74, 6) is -0.0163. The van der Waals surface area contributed by atoms with Gasteiger partial charge in [0, 0.05) is 39.3 Å². The van der Waals surface area contributed by atoms with E-state index in [2.05, 4.69) is 0 Å². The largest absolute Gasteiger partial charge is 0.338 e. The van der Waals surface area contributed by atoms with Gasteiger partial charge in [-0.25, -0.2) is 4.79 Å². The number of carbonyl (C=O) groups is 2. The third kappa shape index (κ3) is 4.33. The molecule has 0 aromatic heterocycles. The van der Waals surface area contributed by atoms with Crippen LogP contribution in [0.2, 0.25) is 0 Å². The Balaban J connectivity index is 2.56. The lowest BCUT2D eigenvalue weighted by Crippen LogP contribution is -2.58. The van der Waals surface area contributed by atoms with Gasteiger partial charge >= 0.3 is 6.03 Å². The molecule has 3 amide bonds. The van der Waals surface area contributed by atoms with Crippen LogP contribution in [0.15, 0.2) is 0 Å². The third-order valence-corrected chi connectivity index (χ3v) is 4.09. The molecule has 1 rings (SSSR count). The highest BCUT2D eigenvalue weighted by Crippen LogP contribution is 2.19. The van der Waals surface area contributed by atoms with Crippen LogP contribution < -0.4 is 5.73 Å². The van der Waals surface area contributed by atoms with Crippen LogP contribution in [-0.2, 0) is 4.79 Å². The van der Waals surface area contributed by atoms with Crippen molar-refractivity contribution >= 4 is 11.9 Å². The predicted molar refractivity (Wildman–Crippen MR) is 83.9 cm³/mol. The monoisotopic (exact) mass is 298 g/mol. The molecule has 1 unspecified atom stereocenters. The van der Waals surface area contributed by atoms with Crippen LogP contribution in [0, 0.1) is 5.41 Å². The summed E-state index contributed by atoms with van der Waals surface area (Å²) in [4.78, 5) is 30.0. The Bertz CT molecular complexity index is 366. The summed E-state index contributed by atoms with van der Waals surface area (Å²) < 4.78 is 0. The van der Waals surface area contributed by atoms with E-state index in [0.717, 1.165) is 0 Å². The molecular weight excluding hydrogens is 268 g/mol. The maximum atomic E-state index is 12.4. The van der Waals surface area contributed by atoms with Crippen molar-refractivity contribution in [2.75, 3.05) is 39.3 Å². The summed E-state index contributed by atoms with van der Waals surface area (Å²) in [6, 6.07) is -0.435. The molecule has 122 valence electrons. The maximum Gasteiger partial charge on any atom is 0.320 e. The summed E-state index contributed by atoms with van der Waals surface area (Å²) in [6.07, 6.45) is 0. The van der Waals surface area contributed by atoms with Crippen molar-refractivity contribution in [2.45, 2.75) is 40.7 Å². The van der Waals surface area contributed by atoms with Crippen molar-refractivity contribution in [3.8, 4) is 0 Å². The molecule has 0 bridgehead atoms. The molecule has 21 heavy (non-hydrogen) atoms. The Kier molecular flexibility index (Phi) is 6.01. The second-order valence-corrected chi connectivity index (χ2v) is 6.61. The number of carbonyl (C=O) groups excluding carboxylic acids is 2. The van der Waals surface area contributed by atoms with E-state index in [-0.39, 0.29) is 17.4 Å². The van der Waals surface area contributed by atoms with E-state index in [0.29, 0.717) is 39.3 Å². The summed E-state index contributed by atoms with van der Waals surface area (Å²) in [5, 5.41) is 0. The zero-order valence-corrected chi connectivity index (χ0v) is 14.1. The summed E-state index contributed by atoms with van der Waals surface area (Å²) >= 11 is 0. The zero-order chi connectivity index (χ0) is 16.2. The Morgan fingerprint density at radius 1 is 1.05 bits per heavy atom. The molecule has 0 radical (unpaired) electrons. The molecule has 0 saturated carbocycles. The SMILES string of the molecule is CCN(CC)C(=O)N1CCN(C(=O)C(N)C(C)(C)C)CC1. The van der Waals surface area contributed by atoms with Crippen LogP contribution in [0.1, 0.15) is 34.6 Å². The standard InChI is InChI=1S/C15H30N4O2/c1-6-17(7-2)14(21)19-10-8-18(9-11-19)13(20)12(16)15(3,4)5/h12H,6-11,16H2,1-5H3. The van der Waals surface area contributed by atoms with Crippen LogP contribution in [-0.4, -0.2) is 71.9 Å². The van der Waals surface area contributed by atoms with Gasteiger partial charge in [0.05, 0.1) is 6.04 Å². The lowest BCUT2D eigenvalue weighted by molar-refractivity contribution is -0.136. The minimum Gasteiger partial charge on any atom is -0.338 e. The number of hydrogen-bond donors (Lipinski definition) is 1. The second-order valence-electron chi connectivity index (χ2n) is 6.61. The average Bonchev–Trinajstić information content (AvgIpc) is 2.46. The molecule has 2 N–H and O–H groups in total. The lowest BCUT2D eigenvalue weighted by atomic mass is 9.86. The number of urea groups is 1. The van der Waals surface area contributed by atoms with Crippen LogP contribution in [0.25, 0.3) is 0 Å². The molecule has 0 aliphatic carbocycles. The molecule has 1 heterocycles. The zero-order valence-electron chi connectivity index (χ0n) is 14.1. The molecule has 1 saturated heterocycles. The molecule has 0 spiro atoms. The second kappa shape index (κ2) is 7.11. The molecule has 1 fully saturated rings. The Labute approximate surface area is 128 Å². The van der Waals surface area contributed by atoms with Gasteiger partial charge in [-0.15, -0.1) is 0 Å². The number of amides is 3. The van der Waals surface area contributed by atoms with Gasteiger partial charge in [-0.3, -0.25) is 4.79 Å². The fourth-order valence-electron chi connectivity index (χ4n) is 2.38. The quantitative estimate of drug-likeness (QED) is 0.844. The van der Waals surface area contributed by atoms with Gasteiger partial charge in [-0.2, -0.15) is 0 Å². The average molecular weight is 298 g/mol. The number of nitrogens with two attached hydrogens (primary N) is 1. The first-order valence-corrected chi connectivity index (χ1v) is 7.80. The van der Waals surface area contributed by atoms with E-state index in [1.165, 1.54) is 0 Å². The van der Waals surface area contributed by atoms with Gasteiger partial charge < -0.3 is 20.4 Å². The lowest BCUT2D eigenvalue weighted by Gasteiger charge is -2.39. The highest BCUT2D eigenvalue weighted by Gasteiger charge is 2.33. The van der Waals surface area contributed by atoms with E-state index in [9.17, 15) is 9.59 Å². The van der Waals surface area contributed by atoms with E-state index in [1.807, 2.05) is 39.5 Å². The molecule has 1 aliphatic rings. The van der Waals surface area contributed by atoms with E-state index in [4.69, 9.17) is 5.73 Å². The van der Waals surface area contributed by atoms with Gasteiger partial charge in [-0.1, -0.05) is 20.8 Å². The molecule has 6 heteroatoms. The topological polar surface area (TPSA) is 69.9 Å². The smallest absolute Gasteiger partial charge is 0.320 e. The molecule has 0 aromatic carbocycles. The van der Waals surface area contributed by atoms with Crippen molar-refractivity contribution in [2.24, 2.45) is 11.1 Å². The van der Waals surface area contributed by atoms with Crippen molar-refractivity contribution in [3.63, 3.8) is 0 Å². The van der Waals surface area contributed by atoms with Gasteiger partial charge in [-0.05, 0) is 19.3 Å². The molecule has 6 nitrogen and oxygen atoms in total. The number of nitrogens with zero attached hydrogens (tertiary/aromatic N) is 3. The Hall–Kier alpha value is -1.30. The first-order chi connectivity index (χ1) is 9.72. The number of rotatable bonds is 3. The van der Waals surface area contributed by atoms with E-state index >= 15 is 0 Å². The van der Waals surface area contributed by atoms with Crippen LogP contribution in [0.4, 0.5) is 4.79 Å². The van der Waals surface area contributed by atoms with Crippen molar-refractivity contribution < 1.29 is 9.59 Å². The minimum atomic E-state index is -0.498. The number of hydrogen-bond acceptors (Lipinski definition) is 3. The Morgan fingerprint density at radius 2 is 1.48 bits per heavy atom. The molecular formula is C15H30N4O2. The predicted octanol–water partition coefficient (Wildman–Crippen LogP) is 0.966. The molecule has 1 atom stereocenters. The van der Waals surface area contributed by atoms with Crippen molar-refractivity contribution in [1.82, 2.24) is 14.7 Å². The van der Waals surface area contributed by atoms with Gasteiger partial charge in [0.15, 0.2) is 0 Å². The maximum absolute atomic E-state index is 12.4. The Morgan fingerprint density at radius 3 is 1.86 bits per heavy atom. The molecule has 1 aliphatic heterocycles. The highest BCUT2D eigenvalue weighted by atomic mass is 16.2. The minimum absolute atomic E-state index is 0.0163. The fourth-order valence-corrected chi connectivity index (χ4v) is 2.38. The molecule has 0 aromatic rings. The number of piperazine rings is 1. The normalized spacial score (nSPS) is 17.6. The van der Waals surface area contributed by atoms with Gasteiger partial charge in [0.1, 0.15) is 0 Å². The summed E-state index contributed by atoms with van der Waals surface area (Å²) in [5.41, 5.74) is 5.79. The van der Waals surface area contributed by atoms with Crippen LogP contribution in [0.5, 0.6) is 0 Å².